The van der Waals surface area contributed by atoms with Crippen molar-refractivity contribution in [3.63, 3.8) is 0 Å². The number of hydrogen-bond donors (Lipinski definition) is 0. The lowest BCUT2D eigenvalue weighted by molar-refractivity contribution is -0.109. The highest BCUT2D eigenvalue weighted by Crippen LogP contribution is 2.55. The molecule has 0 amide bonds. The molecule has 0 saturated heterocycles. The fourth-order valence-corrected chi connectivity index (χ4v) is 17.9. The molecule has 0 bridgehead atoms. The van der Waals surface area contributed by atoms with E-state index in [1.807, 2.05) is 376 Å². The fourth-order valence-electron chi connectivity index (χ4n) is 17.9. The van der Waals surface area contributed by atoms with Crippen LogP contribution < -0.4 is 9.47 Å². The summed E-state index contributed by atoms with van der Waals surface area (Å²) in [5.41, 5.74) is 31.5. The molecule has 0 saturated carbocycles. The summed E-state index contributed by atoms with van der Waals surface area (Å²) >= 11 is 0. The predicted molar refractivity (Wildman–Crippen MR) is 567 cm³/mol. The van der Waals surface area contributed by atoms with Gasteiger partial charge in [0.1, 0.15) is 23.0 Å². The van der Waals surface area contributed by atoms with Gasteiger partial charge in [0.25, 0.3) is 0 Å². The van der Waals surface area contributed by atoms with Gasteiger partial charge in [0.05, 0.1) is 0 Å². The molecule has 0 spiro atoms. The Hall–Kier alpha value is -19.3. The van der Waals surface area contributed by atoms with Gasteiger partial charge >= 0.3 is 0 Å². The van der Waals surface area contributed by atoms with Crippen molar-refractivity contribution in [2.45, 2.75) is 6.42 Å². The lowest BCUT2D eigenvalue weighted by Crippen LogP contribution is -2.02. The van der Waals surface area contributed by atoms with Crippen LogP contribution in [0.25, 0.3) is 66.9 Å². The first-order chi connectivity index (χ1) is 68.7. The molecule has 3 aliphatic rings. The summed E-state index contributed by atoms with van der Waals surface area (Å²) in [4.78, 5) is 31.8. The van der Waals surface area contributed by atoms with Crippen LogP contribution in [-0.2, 0) is 9.59 Å². The van der Waals surface area contributed by atoms with Crippen molar-refractivity contribution >= 4 is 78.4 Å². The molecule has 18 aromatic rings. The van der Waals surface area contributed by atoms with Gasteiger partial charge in [-0.05, 0) is 290 Å². The summed E-state index contributed by atoms with van der Waals surface area (Å²) in [6.07, 6.45) is 0.645. The van der Waals surface area contributed by atoms with Gasteiger partial charge in [-0.3, -0.25) is 9.59 Å². The van der Waals surface area contributed by atoms with Crippen molar-refractivity contribution in [3.8, 4) is 94.0 Å². The number of ketones is 2. The molecular formula is C135H82O4. The Bertz CT molecular complexity index is 8340. The van der Waals surface area contributed by atoms with Crippen molar-refractivity contribution in [2.24, 2.45) is 0 Å². The fraction of sp³-hybridized carbons (Fsp3) is 0.00741. The summed E-state index contributed by atoms with van der Waals surface area (Å²) in [6.45, 7) is 0. The van der Waals surface area contributed by atoms with Crippen molar-refractivity contribution in [1.82, 2.24) is 0 Å². The average Bonchev–Trinajstić information content (AvgIpc) is 1.58. The van der Waals surface area contributed by atoms with Crippen molar-refractivity contribution in [2.75, 3.05) is 0 Å². The van der Waals surface area contributed by atoms with E-state index in [9.17, 15) is 0 Å². The molecule has 0 aromatic heterocycles. The smallest absolute Gasteiger partial charge is 0.195 e. The molecule has 139 heavy (non-hydrogen) atoms. The summed E-state index contributed by atoms with van der Waals surface area (Å²) in [6, 6.07) is 162. The number of rotatable bonds is 16. The van der Waals surface area contributed by atoms with E-state index < -0.39 is 0 Å². The van der Waals surface area contributed by atoms with E-state index in [-0.39, 0.29) is 11.6 Å². The van der Waals surface area contributed by atoms with Crippen molar-refractivity contribution < 1.29 is 19.1 Å². The van der Waals surface area contributed by atoms with E-state index in [2.05, 4.69) is 180 Å². The number of carbonyl (C=O) groups is 2. The van der Waals surface area contributed by atoms with Crippen LogP contribution in [0.4, 0.5) is 0 Å². The minimum atomic E-state index is -0.115. The van der Waals surface area contributed by atoms with Crippen molar-refractivity contribution in [1.29, 1.82) is 0 Å². The molecule has 3 aliphatic carbocycles. The Morgan fingerprint density at radius 3 is 0.453 bits per heavy atom. The number of benzene rings is 18. The molecule has 0 heterocycles. The molecule has 0 N–H and O–H groups in total. The summed E-state index contributed by atoms with van der Waals surface area (Å²) in [5, 5.41) is 0. The Labute approximate surface area is 811 Å². The average molecular weight is 1770 g/mol. The minimum Gasteiger partial charge on any atom is -0.457 e. The summed E-state index contributed by atoms with van der Waals surface area (Å²) < 4.78 is 13.8. The first-order valence-corrected chi connectivity index (χ1v) is 46.2. The molecule has 18 aromatic carbocycles. The molecule has 4 heteroatoms. The third kappa shape index (κ3) is 19.7. The quantitative estimate of drug-likeness (QED) is 0.0905. The Morgan fingerprint density at radius 1 is 0.129 bits per heavy atom. The highest BCUT2D eigenvalue weighted by molar-refractivity contribution is 6.60. The lowest BCUT2D eigenvalue weighted by atomic mass is 9.88. The maximum atomic E-state index is 16.1. The highest BCUT2D eigenvalue weighted by atomic mass is 16.5. The zero-order valence-corrected chi connectivity index (χ0v) is 75.5. The number of allylic oxidation sites excluding steroid dienone is 12. The number of ether oxygens (including phenoxy) is 2. The topological polar surface area (TPSA) is 52.6 Å². The van der Waals surface area contributed by atoms with Crippen LogP contribution in [0.3, 0.4) is 0 Å². The Kier molecular flexibility index (Phi) is 25.1. The van der Waals surface area contributed by atoms with Gasteiger partial charge in [0.15, 0.2) is 11.6 Å². The second kappa shape index (κ2) is 40.4. The number of carbonyl (C=O) groups excluding carboxylic acids is 2. The van der Waals surface area contributed by atoms with E-state index in [0.29, 0.717) is 51.7 Å². The highest BCUT2D eigenvalue weighted by Gasteiger charge is 2.38. The van der Waals surface area contributed by atoms with Crippen LogP contribution in [0, 0.1) is 71.0 Å². The minimum absolute atomic E-state index is 0.0892. The van der Waals surface area contributed by atoms with E-state index in [1.54, 1.807) is 0 Å². The zero-order valence-electron chi connectivity index (χ0n) is 75.5. The third-order valence-corrected chi connectivity index (χ3v) is 24.7. The second-order valence-electron chi connectivity index (χ2n) is 33.7. The predicted octanol–water partition coefficient (Wildman–Crippen LogP) is 29.8. The first kappa shape index (κ1) is 86.4. The van der Waals surface area contributed by atoms with Gasteiger partial charge in [-0.15, -0.1) is 0 Å². The SMILES string of the molecule is O=C1C(c2ccc(C#Cc3ccccc3)cc2)=C(c2ccc(C#Cc3ccccc3)cc2)C(c2ccc(Oc3ccc(C4=C(c5ccccc5)C(=O)C(c5ccc(C#Cc6ccccc6)cc5)=C4c4ccc(Oc5ccc(C6=C(c7ccc(C#Cc8ccccc8)cc7)CC(c7ccc(C#Cc8ccccc8)cc7)=C6c6ccc(C#Cc7ccccc7)cc6)cc5)cc4)cc3)cc2)=C1c1ccccc1. The maximum absolute atomic E-state index is 16.1. The van der Waals surface area contributed by atoms with Crippen molar-refractivity contribution in [3.05, 3.63) is 619 Å². The third-order valence-electron chi connectivity index (χ3n) is 24.7. The van der Waals surface area contributed by atoms with Crippen LogP contribution in [0.1, 0.15) is 140 Å². The molecule has 21 rings (SSSR count). The lowest BCUT2D eigenvalue weighted by Gasteiger charge is -2.16. The summed E-state index contributed by atoms with van der Waals surface area (Å²) in [7, 11) is 0. The van der Waals surface area contributed by atoms with Gasteiger partial charge in [0, 0.05) is 111 Å². The molecular weight excluding hydrogens is 1690 g/mol. The standard InChI is InChI=1S/C135H82O4/c136-134-130(108-37-21-7-22-38-108)127(126(112-71-59-103(60-72-112)50-44-97-31-15-4-16-32-97)132(134)116-73-61-104(62-74-116)51-45-98-33-17-5-18-34-98)113-79-87-120(88-80-113)139-121-89-81-114(82-90-121)128-129(133(135(137)131(128)109-39-23-8-24-40-109)117-75-63-105(64-76-117)52-46-99-35-19-6-20-36-99)115-83-91-119(92-84-115)138-118-85-77-111(78-86-118)125-123(107-67-55-101(56-68-107)48-42-95-27-11-2-12-28-95)93-122(106-65-53-100(54-66-106)47-41-94-25-9-1-10-26-94)124(125)110-69-57-102(58-70-110)49-43-96-29-13-3-14-30-96/h1-40,53-92H,93H2. The zero-order chi connectivity index (χ0) is 93.4. The molecule has 4 nitrogen and oxygen atoms in total. The monoisotopic (exact) mass is 1770 g/mol. The van der Waals surface area contributed by atoms with Gasteiger partial charge < -0.3 is 9.47 Å². The van der Waals surface area contributed by atoms with E-state index >= 15 is 9.59 Å². The first-order valence-electron chi connectivity index (χ1n) is 46.2. The van der Waals surface area contributed by atoms with Gasteiger partial charge in [0.2, 0.25) is 0 Å². The van der Waals surface area contributed by atoms with E-state index in [0.717, 1.165) is 167 Å². The molecule has 0 unspecified atom stereocenters. The van der Waals surface area contributed by atoms with Crippen LogP contribution >= 0.6 is 0 Å². The van der Waals surface area contributed by atoms with Gasteiger partial charge in [-0.2, -0.15) is 0 Å². The van der Waals surface area contributed by atoms with Gasteiger partial charge in [-0.25, -0.2) is 0 Å². The molecule has 0 aliphatic heterocycles. The number of hydrogen-bond acceptors (Lipinski definition) is 4. The maximum Gasteiger partial charge on any atom is 0.195 e. The molecule has 0 radical (unpaired) electrons. The van der Waals surface area contributed by atoms with Crippen LogP contribution in [0.2, 0.25) is 0 Å². The van der Waals surface area contributed by atoms with Crippen LogP contribution in [0.5, 0.6) is 23.0 Å². The summed E-state index contributed by atoms with van der Waals surface area (Å²) in [5.74, 6) is 42.4. The molecule has 0 fully saturated rings. The Morgan fingerprint density at radius 2 is 0.266 bits per heavy atom. The Balaban J connectivity index is 0.618. The van der Waals surface area contributed by atoms with Gasteiger partial charge in [-0.1, -0.05) is 362 Å². The normalized spacial score (nSPS) is 12.5. The van der Waals surface area contributed by atoms with E-state index in [1.165, 1.54) is 11.1 Å². The number of Topliss-reactive ketones (excluding diaryl/α,β-unsaturated/α-hetero) is 2. The molecule has 0 atom stereocenters. The molecule has 646 valence electrons. The second-order valence-corrected chi connectivity index (χ2v) is 33.7. The van der Waals surface area contributed by atoms with Crippen LogP contribution in [-0.4, -0.2) is 11.6 Å². The van der Waals surface area contributed by atoms with E-state index in [4.69, 9.17) is 9.47 Å². The van der Waals surface area contributed by atoms with Crippen LogP contribution in [0.15, 0.2) is 485 Å². The largest absolute Gasteiger partial charge is 0.457 e.